The van der Waals surface area contributed by atoms with Crippen LogP contribution in [0.15, 0.2) is 15.7 Å². The van der Waals surface area contributed by atoms with E-state index in [0.717, 1.165) is 19.3 Å². The highest BCUT2D eigenvalue weighted by molar-refractivity contribution is 5.26. The SMILES string of the molecule is CCCn1c(N)cc(=O)n(CC2CCCCC2)c1=O. The van der Waals surface area contributed by atoms with Gasteiger partial charge in [0.25, 0.3) is 5.56 Å². The lowest BCUT2D eigenvalue weighted by atomic mass is 9.89. The Morgan fingerprint density at radius 1 is 1.21 bits per heavy atom. The molecular formula is C14H23N3O2. The van der Waals surface area contributed by atoms with Crippen LogP contribution in [0.1, 0.15) is 45.4 Å². The number of rotatable bonds is 4. The van der Waals surface area contributed by atoms with E-state index in [1.807, 2.05) is 6.92 Å². The fourth-order valence-electron chi connectivity index (χ4n) is 2.88. The van der Waals surface area contributed by atoms with Crippen LogP contribution < -0.4 is 17.0 Å². The number of nitrogens with two attached hydrogens (primary N) is 1. The molecule has 0 atom stereocenters. The Bertz CT molecular complexity index is 539. The Morgan fingerprint density at radius 3 is 2.53 bits per heavy atom. The van der Waals surface area contributed by atoms with Crippen molar-refractivity contribution in [2.45, 2.75) is 58.5 Å². The van der Waals surface area contributed by atoms with E-state index in [4.69, 9.17) is 5.73 Å². The van der Waals surface area contributed by atoms with Gasteiger partial charge in [0.2, 0.25) is 0 Å². The van der Waals surface area contributed by atoms with E-state index in [1.54, 1.807) is 0 Å². The van der Waals surface area contributed by atoms with Crippen LogP contribution in [-0.4, -0.2) is 9.13 Å². The smallest absolute Gasteiger partial charge is 0.332 e. The fraction of sp³-hybridized carbons (Fsp3) is 0.714. The molecule has 1 aromatic rings. The van der Waals surface area contributed by atoms with E-state index in [1.165, 1.54) is 34.5 Å². The quantitative estimate of drug-likeness (QED) is 0.898. The molecule has 1 fully saturated rings. The van der Waals surface area contributed by atoms with Crippen LogP contribution >= 0.6 is 0 Å². The largest absolute Gasteiger partial charge is 0.385 e. The van der Waals surface area contributed by atoms with Crippen molar-refractivity contribution in [1.82, 2.24) is 9.13 Å². The average molecular weight is 265 g/mol. The predicted molar refractivity (Wildman–Crippen MR) is 76.2 cm³/mol. The number of nitrogens with zero attached hydrogens (tertiary/aromatic N) is 2. The molecule has 1 saturated carbocycles. The summed E-state index contributed by atoms with van der Waals surface area (Å²) in [5.74, 6) is 0.731. The average Bonchev–Trinajstić information content (AvgIpc) is 2.41. The number of nitrogen functional groups attached to an aromatic ring is 1. The minimum Gasteiger partial charge on any atom is -0.385 e. The summed E-state index contributed by atoms with van der Waals surface area (Å²) in [6.07, 6.45) is 6.74. The molecular weight excluding hydrogens is 242 g/mol. The van der Waals surface area contributed by atoms with Gasteiger partial charge in [-0.15, -0.1) is 0 Å². The highest BCUT2D eigenvalue weighted by atomic mass is 16.2. The van der Waals surface area contributed by atoms with E-state index in [2.05, 4.69) is 0 Å². The molecule has 0 spiro atoms. The third kappa shape index (κ3) is 3.08. The van der Waals surface area contributed by atoms with Gasteiger partial charge >= 0.3 is 5.69 Å². The van der Waals surface area contributed by atoms with Crippen LogP contribution in [0.2, 0.25) is 0 Å². The maximum absolute atomic E-state index is 12.3. The number of aromatic nitrogens is 2. The van der Waals surface area contributed by atoms with Gasteiger partial charge < -0.3 is 5.73 Å². The summed E-state index contributed by atoms with van der Waals surface area (Å²) in [5.41, 5.74) is 5.24. The second-order valence-corrected chi connectivity index (χ2v) is 5.46. The molecule has 2 rings (SSSR count). The lowest BCUT2D eigenvalue weighted by Crippen LogP contribution is -2.42. The highest BCUT2D eigenvalue weighted by Crippen LogP contribution is 2.24. The lowest BCUT2D eigenvalue weighted by Gasteiger charge is -2.22. The van der Waals surface area contributed by atoms with E-state index < -0.39 is 0 Å². The first kappa shape index (κ1) is 13.9. The molecule has 0 saturated heterocycles. The molecule has 0 radical (unpaired) electrons. The Kier molecular flexibility index (Phi) is 4.45. The Labute approximate surface area is 113 Å². The first-order valence-electron chi connectivity index (χ1n) is 7.23. The molecule has 0 bridgehead atoms. The minimum atomic E-state index is -0.263. The van der Waals surface area contributed by atoms with Crippen LogP contribution in [0.4, 0.5) is 5.82 Å². The predicted octanol–water partition coefficient (Wildman–Crippen LogP) is 1.58. The van der Waals surface area contributed by atoms with Gasteiger partial charge in [-0.3, -0.25) is 13.9 Å². The molecule has 106 valence electrons. The Hall–Kier alpha value is -1.52. The minimum absolute atomic E-state index is 0.252. The molecule has 2 N–H and O–H groups in total. The molecule has 1 heterocycles. The van der Waals surface area contributed by atoms with Crippen molar-refractivity contribution in [2.75, 3.05) is 5.73 Å². The van der Waals surface area contributed by atoms with Crippen LogP contribution in [-0.2, 0) is 13.1 Å². The van der Waals surface area contributed by atoms with Gasteiger partial charge in [0.05, 0.1) is 0 Å². The molecule has 19 heavy (non-hydrogen) atoms. The van der Waals surface area contributed by atoms with Crippen molar-refractivity contribution in [3.05, 3.63) is 26.9 Å². The van der Waals surface area contributed by atoms with Crippen molar-refractivity contribution in [3.8, 4) is 0 Å². The standard InChI is InChI=1S/C14H23N3O2/c1-2-8-16-12(15)9-13(18)17(14(16)19)10-11-6-4-3-5-7-11/h9,11H,2-8,10,15H2,1H3. The summed E-state index contributed by atoms with van der Waals surface area (Å²) < 4.78 is 2.87. The van der Waals surface area contributed by atoms with Gasteiger partial charge in [-0.25, -0.2) is 4.79 Å². The molecule has 1 aromatic heterocycles. The lowest BCUT2D eigenvalue weighted by molar-refractivity contribution is 0.308. The normalized spacial score (nSPS) is 16.7. The number of anilines is 1. The van der Waals surface area contributed by atoms with Crippen molar-refractivity contribution in [3.63, 3.8) is 0 Å². The summed E-state index contributed by atoms with van der Waals surface area (Å²) in [7, 11) is 0. The zero-order valence-electron chi connectivity index (χ0n) is 11.6. The van der Waals surface area contributed by atoms with E-state index in [9.17, 15) is 9.59 Å². The number of hydrogen-bond acceptors (Lipinski definition) is 3. The summed E-state index contributed by atoms with van der Waals surface area (Å²) in [6.45, 7) is 3.10. The topological polar surface area (TPSA) is 70.0 Å². The summed E-state index contributed by atoms with van der Waals surface area (Å²) in [6, 6.07) is 1.37. The monoisotopic (exact) mass is 265 g/mol. The molecule has 5 nitrogen and oxygen atoms in total. The first-order chi connectivity index (χ1) is 9.13. The third-order valence-corrected chi connectivity index (χ3v) is 3.92. The molecule has 0 unspecified atom stereocenters. The van der Waals surface area contributed by atoms with E-state index >= 15 is 0 Å². The molecule has 1 aliphatic rings. The van der Waals surface area contributed by atoms with Crippen molar-refractivity contribution >= 4 is 5.82 Å². The van der Waals surface area contributed by atoms with Gasteiger partial charge in [0.1, 0.15) is 5.82 Å². The maximum Gasteiger partial charge on any atom is 0.332 e. The van der Waals surface area contributed by atoms with Gasteiger partial charge in [-0.1, -0.05) is 26.2 Å². The fourth-order valence-corrected chi connectivity index (χ4v) is 2.88. The molecule has 0 aromatic carbocycles. The highest BCUT2D eigenvalue weighted by Gasteiger charge is 2.17. The summed E-state index contributed by atoms with van der Waals surface area (Å²) in [4.78, 5) is 24.3. The summed E-state index contributed by atoms with van der Waals surface area (Å²) in [5, 5.41) is 0. The van der Waals surface area contributed by atoms with E-state index in [0.29, 0.717) is 19.0 Å². The van der Waals surface area contributed by atoms with Crippen LogP contribution in [0.25, 0.3) is 0 Å². The first-order valence-corrected chi connectivity index (χ1v) is 7.23. The Balaban J connectivity index is 2.31. The van der Waals surface area contributed by atoms with E-state index in [-0.39, 0.29) is 17.1 Å². The Morgan fingerprint density at radius 2 is 1.89 bits per heavy atom. The van der Waals surface area contributed by atoms with Crippen LogP contribution in [0, 0.1) is 5.92 Å². The third-order valence-electron chi connectivity index (χ3n) is 3.92. The van der Waals surface area contributed by atoms with Crippen LogP contribution in [0.5, 0.6) is 0 Å². The zero-order chi connectivity index (χ0) is 13.8. The summed E-state index contributed by atoms with van der Waals surface area (Å²) >= 11 is 0. The van der Waals surface area contributed by atoms with Gasteiger partial charge in [0.15, 0.2) is 0 Å². The van der Waals surface area contributed by atoms with Gasteiger partial charge in [-0.2, -0.15) is 0 Å². The molecule has 5 heteroatoms. The van der Waals surface area contributed by atoms with Crippen molar-refractivity contribution < 1.29 is 0 Å². The molecule has 0 aliphatic heterocycles. The zero-order valence-corrected chi connectivity index (χ0v) is 11.6. The number of hydrogen-bond donors (Lipinski definition) is 1. The van der Waals surface area contributed by atoms with Gasteiger partial charge in [0, 0.05) is 19.2 Å². The molecule has 0 amide bonds. The maximum atomic E-state index is 12.3. The molecule has 1 aliphatic carbocycles. The van der Waals surface area contributed by atoms with Gasteiger partial charge in [-0.05, 0) is 25.2 Å². The van der Waals surface area contributed by atoms with Crippen LogP contribution in [0.3, 0.4) is 0 Å². The van der Waals surface area contributed by atoms with Crippen molar-refractivity contribution in [1.29, 1.82) is 0 Å². The van der Waals surface area contributed by atoms with Crippen molar-refractivity contribution in [2.24, 2.45) is 5.92 Å². The second-order valence-electron chi connectivity index (χ2n) is 5.46. The second kappa shape index (κ2) is 6.08.